The van der Waals surface area contributed by atoms with E-state index in [0.717, 1.165) is 33.5 Å². The number of nitrogens with zero attached hydrogens (tertiary/aromatic N) is 4. The van der Waals surface area contributed by atoms with Gasteiger partial charge in [0.15, 0.2) is 0 Å². The summed E-state index contributed by atoms with van der Waals surface area (Å²) in [6.45, 7) is 5.20. The van der Waals surface area contributed by atoms with Crippen LogP contribution in [-0.4, -0.2) is 38.0 Å². The van der Waals surface area contributed by atoms with Crippen LogP contribution < -0.4 is 10.6 Å². The number of aliphatic hydroxyl groups is 1. The summed E-state index contributed by atoms with van der Waals surface area (Å²) in [5, 5.41) is 17.0. The van der Waals surface area contributed by atoms with E-state index < -0.39 is 5.60 Å². The van der Waals surface area contributed by atoms with Gasteiger partial charge < -0.3 is 15.7 Å². The molecule has 0 fully saturated rings. The third kappa shape index (κ3) is 4.40. The van der Waals surface area contributed by atoms with Crippen LogP contribution in [0.1, 0.15) is 35.5 Å². The van der Waals surface area contributed by atoms with Gasteiger partial charge in [0, 0.05) is 65.7 Å². The number of aryl methyl sites for hydroxylation is 1. The summed E-state index contributed by atoms with van der Waals surface area (Å²) in [6, 6.07) is 7.38. The molecule has 4 aromatic heterocycles. The fourth-order valence-electron chi connectivity index (χ4n) is 3.30. The van der Waals surface area contributed by atoms with Crippen molar-refractivity contribution in [3.8, 4) is 11.1 Å². The standard InChI is InChI=1S/C24H24N6O2/c1-14-20(15-5-16-11-29-22(25-4)8-21(16)28-10-15)7-19(13-27-14)30-23(31)17-6-18(12-26-9-17)24(2,3)32/h5-13,32H,1-4H3,(H,25,29)(H,30,31). The Labute approximate surface area is 185 Å². The van der Waals surface area contributed by atoms with Gasteiger partial charge in [0.2, 0.25) is 0 Å². The molecule has 0 aromatic carbocycles. The fourth-order valence-corrected chi connectivity index (χ4v) is 3.30. The second-order valence-electron chi connectivity index (χ2n) is 8.07. The van der Waals surface area contributed by atoms with Crippen molar-refractivity contribution in [2.24, 2.45) is 0 Å². The molecule has 0 aliphatic carbocycles. The lowest BCUT2D eigenvalue weighted by Crippen LogP contribution is -2.18. The van der Waals surface area contributed by atoms with Crippen molar-refractivity contribution in [2.45, 2.75) is 26.4 Å². The Morgan fingerprint density at radius 3 is 2.53 bits per heavy atom. The van der Waals surface area contributed by atoms with Gasteiger partial charge in [-0.2, -0.15) is 0 Å². The van der Waals surface area contributed by atoms with Gasteiger partial charge >= 0.3 is 0 Å². The lowest BCUT2D eigenvalue weighted by Gasteiger charge is -2.17. The van der Waals surface area contributed by atoms with Crippen LogP contribution in [0.25, 0.3) is 22.0 Å². The van der Waals surface area contributed by atoms with E-state index in [1.54, 1.807) is 44.7 Å². The molecule has 8 heteroatoms. The molecule has 3 N–H and O–H groups in total. The van der Waals surface area contributed by atoms with Gasteiger partial charge in [-0.05, 0) is 39.0 Å². The number of aromatic nitrogens is 4. The fraction of sp³-hybridized carbons (Fsp3) is 0.208. The van der Waals surface area contributed by atoms with Gasteiger partial charge in [-0.15, -0.1) is 0 Å². The predicted molar refractivity (Wildman–Crippen MR) is 124 cm³/mol. The molecule has 0 saturated heterocycles. The summed E-state index contributed by atoms with van der Waals surface area (Å²) in [5.41, 5.74) is 3.76. The Kier molecular flexibility index (Phi) is 5.54. The monoisotopic (exact) mass is 428 g/mol. The molecule has 8 nitrogen and oxygen atoms in total. The first-order valence-electron chi connectivity index (χ1n) is 10.1. The van der Waals surface area contributed by atoms with Crippen LogP contribution in [-0.2, 0) is 5.60 Å². The zero-order chi connectivity index (χ0) is 22.9. The van der Waals surface area contributed by atoms with Crippen LogP contribution in [0.5, 0.6) is 0 Å². The molecule has 162 valence electrons. The van der Waals surface area contributed by atoms with Crippen molar-refractivity contribution in [3.05, 3.63) is 72.1 Å². The molecule has 0 atom stereocenters. The largest absolute Gasteiger partial charge is 0.386 e. The van der Waals surface area contributed by atoms with Crippen LogP contribution in [0.4, 0.5) is 11.5 Å². The number of anilines is 2. The quantitative estimate of drug-likeness (QED) is 0.442. The number of rotatable bonds is 5. The Morgan fingerprint density at radius 2 is 1.78 bits per heavy atom. The van der Waals surface area contributed by atoms with Gasteiger partial charge in [0.1, 0.15) is 5.82 Å². The van der Waals surface area contributed by atoms with Crippen LogP contribution in [0, 0.1) is 6.92 Å². The number of carbonyl (C=O) groups is 1. The Hall–Kier alpha value is -3.91. The van der Waals surface area contributed by atoms with Gasteiger partial charge in [-0.25, -0.2) is 4.98 Å². The molecule has 4 rings (SSSR count). The molecule has 0 spiro atoms. The van der Waals surface area contributed by atoms with E-state index in [2.05, 4.69) is 30.6 Å². The zero-order valence-electron chi connectivity index (χ0n) is 18.3. The third-order valence-electron chi connectivity index (χ3n) is 5.18. The van der Waals surface area contributed by atoms with Crippen LogP contribution >= 0.6 is 0 Å². The second kappa shape index (κ2) is 8.32. The average molecular weight is 428 g/mol. The number of hydrogen-bond donors (Lipinski definition) is 3. The van der Waals surface area contributed by atoms with E-state index in [-0.39, 0.29) is 5.91 Å². The highest BCUT2D eigenvalue weighted by atomic mass is 16.3. The average Bonchev–Trinajstić information content (AvgIpc) is 2.79. The van der Waals surface area contributed by atoms with Gasteiger partial charge in [0.25, 0.3) is 5.91 Å². The molecule has 0 unspecified atom stereocenters. The van der Waals surface area contributed by atoms with E-state index in [4.69, 9.17) is 0 Å². The number of fused-ring (bicyclic) bond motifs is 1. The number of hydrogen-bond acceptors (Lipinski definition) is 7. The van der Waals surface area contributed by atoms with Crippen LogP contribution in [0.2, 0.25) is 0 Å². The highest BCUT2D eigenvalue weighted by Gasteiger charge is 2.18. The maximum absolute atomic E-state index is 12.8. The number of nitrogens with one attached hydrogen (secondary N) is 2. The normalized spacial score (nSPS) is 11.4. The Morgan fingerprint density at radius 1 is 0.969 bits per heavy atom. The van der Waals surface area contributed by atoms with Gasteiger partial charge in [0.05, 0.1) is 28.6 Å². The topological polar surface area (TPSA) is 113 Å². The van der Waals surface area contributed by atoms with E-state index in [9.17, 15) is 9.90 Å². The number of carbonyl (C=O) groups excluding carboxylic acids is 1. The molecule has 0 radical (unpaired) electrons. The smallest absolute Gasteiger partial charge is 0.257 e. The molecule has 0 saturated carbocycles. The molecular formula is C24H24N6O2. The van der Waals surface area contributed by atoms with Crippen molar-refractivity contribution in [3.63, 3.8) is 0 Å². The maximum Gasteiger partial charge on any atom is 0.257 e. The molecule has 32 heavy (non-hydrogen) atoms. The van der Waals surface area contributed by atoms with Crippen molar-refractivity contribution in [1.29, 1.82) is 0 Å². The third-order valence-corrected chi connectivity index (χ3v) is 5.18. The first-order valence-corrected chi connectivity index (χ1v) is 10.1. The lowest BCUT2D eigenvalue weighted by molar-refractivity contribution is 0.0781. The molecule has 0 bridgehead atoms. The molecule has 0 aliphatic rings. The van der Waals surface area contributed by atoms with Gasteiger partial charge in [-0.1, -0.05) is 0 Å². The lowest BCUT2D eigenvalue weighted by atomic mass is 9.99. The summed E-state index contributed by atoms with van der Waals surface area (Å²) < 4.78 is 0. The molecular weight excluding hydrogens is 404 g/mol. The van der Waals surface area contributed by atoms with Crippen molar-refractivity contribution in [1.82, 2.24) is 19.9 Å². The number of amides is 1. The first kappa shape index (κ1) is 21.3. The van der Waals surface area contributed by atoms with E-state index in [1.807, 2.05) is 32.2 Å². The minimum atomic E-state index is -1.09. The Bertz CT molecular complexity index is 1310. The van der Waals surface area contributed by atoms with Crippen LogP contribution in [0.15, 0.2) is 55.2 Å². The van der Waals surface area contributed by atoms with E-state index >= 15 is 0 Å². The second-order valence-corrected chi connectivity index (χ2v) is 8.07. The highest BCUT2D eigenvalue weighted by Crippen LogP contribution is 2.28. The van der Waals surface area contributed by atoms with Gasteiger partial charge in [-0.3, -0.25) is 19.7 Å². The van der Waals surface area contributed by atoms with E-state index in [0.29, 0.717) is 16.8 Å². The van der Waals surface area contributed by atoms with Crippen molar-refractivity contribution < 1.29 is 9.90 Å². The summed E-state index contributed by atoms with van der Waals surface area (Å²) >= 11 is 0. The molecule has 4 aromatic rings. The summed E-state index contributed by atoms with van der Waals surface area (Å²) in [5.74, 6) is 0.420. The van der Waals surface area contributed by atoms with Crippen molar-refractivity contribution in [2.75, 3.05) is 17.7 Å². The molecule has 0 aliphatic heterocycles. The minimum absolute atomic E-state index is 0.333. The summed E-state index contributed by atoms with van der Waals surface area (Å²) in [6.07, 6.45) is 8.18. The summed E-state index contributed by atoms with van der Waals surface area (Å²) in [7, 11) is 1.81. The molecule has 4 heterocycles. The molecule has 1 amide bonds. The SMILES string of the molecule is CNc1cc2ncc(-c3cc(NC(=O)c4cncc(C(C)(C)O)c4)cnc3C)cc2cn1. The highest BCUT2D eigenvalue weighted by molar-refractivity contribution is 6.04. The maximum atomic E-state index is 12.8. The predicted octanol–water partition coefficient (Wildman–Crippen LogP) is 3.92. The van der Waals surface area contributed by atoms with Crippen molar-refractivity contribution >= 4 is 28.3 Å². The zero-order valence-corrected chi connectivity index (χ0v) is 18.3. The Balaban J connectivity index is 1.63. The number of pyridine rings is 4. The first-order chi connectivity index (χ1) is 15.2. The minimum Gasteiger partial charge on any atom is -0.386 e. The van der Waals surface area contributed by atoms with E-state index in [1.165, 1.54) is 6.20 Å². The van der Waals surface area contributed by atoms with Crippen LogP contribution in [0.3, 0.4) is 0 Å². The summed E-state index contributed by atoms with van der Waals surface area (Å²) in [4.78, 5) is 30.2.